The minimum atomic E-state index is -0.00702. The minimum Gasteiger partial charge on any atom is -0.296 e. The Kier molecular flexibility index (Phi) is 4.21. The molecule has 1 saturated carbocycles. The predicted octanol–water partition coefficient (Wildman–Crippen LogP) is 3.04. The second kappa shape index (κ2) is 5.67. The van der Waals surface area contributed by atoms with Crippen molar-refractivity contribution >= 4 is 11.6 Å². The van der Waals surface area contributed by atoms with Gasteiger partial charge in [0.1, 0.15) is 11.0 Å². The molecule has 1 fully saturated rings. The van der Waals surface area contributed by atoms with Crippen molar-refractivity contribution in [1.29, 1.82) is 0 Å². The van der Waals surface area contributed by atoms with Gasteiger partial charge in [-0.1, -0.05) is 37.8 Å². The molecule has 94 valence electrons. The third-order valence-electron chi connectivity index (χ3n) is 3.54. The highest BCUT2D eigenvalue weighted by atomic mass is 35.5. The highest BCUT2D eigenvalue weighted by Crippen LogP contribution is 2.25. The Morgan fingerprint density at radius 3 is 2.76 bits per heavy atom. The fraction of sp³-hybridized carbons (Fsp3) is 0.692. The summed E-state index contributed by atoms with van der Waals surface area (Å²) in [5, 5.41) is 0.312. The Balaban J connectivity index is 2.21. The molecule has 1 aromatic rings. The van der Waals surface area contributed by atoms with Gasteiger partial charge in [-0.2, -0.15) is 0 Å². The lowest BCUT2D eigenvalue weighted by Gasteiger charge is -2.23. The third-order valence-corrected chi connectivity index (χ3v) is 3.73. The molecule has 0 N–H and O–H groups in total. The van der Waals surface area contributed by atoms with Crippen molar-refractivity contribution in [1.82, 2.24) is 9.55 Å². The van der Waals surface area contributed by atoms with Gasteiger partial charge in [0.05, 0.1) is 0 Å². The highest BCUT2D eigenvalue weighted by Gasteiger charge is 2.16. The van der Waals surface area contributed by atoms with E-state index in [4.69, 9.17) is 11.6 Å². The maximum Gasteiger partial charge on any atom is 0.254 e. The molecule has 0 aromatic carbocycles. The number of aryl methyl sites for hydroxylation is 1. The van der Waals surface area contributed by atoms with Gasteiger partial charge in [0.15, 0.2) is 0 Å². The zero-order chi connectivity index (χ0) is 12.3. The van der Waals surface area contributed by atoms with Gasteiger partial charge in [-0.15, -0.1) is 0 Å². The van der Waals surface area contributed by atoms with E-state index in [0.29, 0.717) is 11.1 Å². The molecule has 2 rings (SSSR count). The fourth-order valence-electron chi connectivity index (χ4n) is 2.62. The van der Waals surface area contributed by atoms with E-state index in [1.807, 2.05) is 11.5 Å². The van der Waals surface area contributed by atoms with Gasteiger partial charge in [-0.05, 0) is 18.8 Å². The quantitative estimate of drug-likeness (QED) is 0.777. The summed E-state index contributed by atoms with van der Waals surface area (Å²) >= 11 is 5.82. The van der Waals surface area contributed by atoms with E-state index in [1.165, 1.54) is 38.2 Å². The van der Waals surface area contributed by atoms with E-state index in [0.717, 1.165) is 18.8 Å². The highest BCUT2D eigenvalue weighted by molar-refractivity contribution is 6.29. The molecule has 0 aliphatic heterocycles. The molecule has 17 heavy (non-hydrogen) atoms. The maximum atomic E-state index is 11.9. The van der Waals surface area contributed by atoms with Crippen LogP contribution in [-0.4, -0.2) is 9.55 Å². The van der Waals surface area contributed by atoms with E-state index in [9.17, 15) is 4.79 Å². The van der Waals surface area contributed by atoms with Crippen LogP contribution in [0.5, 0.6) is 0 Å². The third kappa shape index (κ3) is 3.09. The fourth-order valence-corrected chi connectivity index (χ4v) is 2.81. The van der Waals surface area contributed by atoms with E-state index in [1.54, 1.807) is 0 Å². The summed E-state index contributed by atoms with van der Waals surface area (Å²) in [4.78, 5) is 16.2. The second-order valence-corrected chi connectivity index (χ2v) is 5.19. The molecular weight excluding hydrogens is 236 g/mol. The smallest absolute Gasteiger partial charge is 0.254 e. The van der Waals surface area contributed by atoms with E-state index in [-0.39, 0.29) is 5.56 Å². The Hall–Kier alpha value is -0.830. The maximum absolute atomic E-state index is 11.9. The van der Waals surface area contributed by atoms with Crippen molar-refractivity contribution in [2.24, 2.45) is 5.92 Å². The average molecular weight is 255 g/mol. The first-order valence-electron chi connectivity index (χ1n) is 6.47. The first-order chi connectivity index (χ1) is 8.20. The van der Waals surface area contributed by atoms with E-state index < -0.39 is 0 Å². The first-order valence-corrected chi connectivity index (χ1v) is 6.84. The molecule has 1 aliphatic rings. The number of aromatic nitrogens is 2. The molecular formula is C13H19ClN2O. The lowest BCUT2D eigenvalue weighted by Crippen LogP contribution is -2.28. The summed E-state index contributed by atoms with van der Waals surface area (Å²) in [5.41, 5.74) is -0.00702. The molecule has 0 atom stereocenters. The summed E-state index contributed by atoms with van der Waals surface area (Å²) in [6.07, 6.45) is 7.15. The van der Waals surface area contributed by atoms with Crippen LogP contribution in [0, 0.1) is 5.92 Å². The van der Waals surface area contributed by atoms with Crippen LogP contribution in [0.4, 0.5) is 0 Å². The molecule has 1 aromatic heterocycles. The number of halogens is 1. The standard InChI is InChI=1S/C13H19ClN2O/c1-2-12-15-11(14)8-13(17)16(12)9-10-6-4-3-5-7-10/h8,10H,2-7,9H2,1H3. The predicted molar refractivity (Wildman–Crippen MR) is 69.5 cm³/mol. The number of nitrogens with zero attached hydrogens (tertiary/aromatic N) is 2. The molecule has 1 heterocycles. The zero-order valence-electron chi connectivity index (χ0n) is 10.3. The van der Waals surface area contributed by atoms with Gasteiger partial charge in [-0.3, -0.25) is 9.36 Å². The molecule has 1 aliphatic carbocycles. The van der Waals surface area contributed by atoms with E-state index in [2.05, 4.69) is 4.98 Å². The van der Waals surface area contributed by atoms with Gasteiger partial charge in [0.2, 0.25) is 0 Å². The van der Waals surface area contributed by atoms with Crippen molar-refractivity contribution in [3.63, 3.8) is 0 Å². The van der Waals surface area contributed by atoms with Gasteiger partial charge >= 0.3 is 0 Å². The topological polar surface area (TPSA) is 34.9 Å². The number of rotatable bonds is 3. The summed E-state index contributed by atoms with van der Waals surface area (Å²) in [7, 11) is 0. The van der Waals surface area contributed by atoms with Gasteiger partial charge in [0.25, 0.3) is 5.56 Å². The van der Waals surface area contributed by atoms with Crippen molar-refractivity contribution in [3.8, 4) is 0 Å². The van der Waals surface area contributed by atoms with Crippen LogP contribution in [0.25, 0.3) is 0 Å². The molecule has 0 unspecified atom stereocenters. The van der Waals surface area contributed by atoms with Gasteiger partial charge in [0, 0.05) is 19.0 Å². The van der Waals surface area contributed by atoms with E-state index >= 15 is 0 Å². The van der Waals surface area contributed by atoms with Crippen LogP contribution in [0.2, 0.25) is 5.15 Å². The molecule has 0 bridgehead atoms. The number of hydrogen-bond donors (Lipinski definition) is 0. The molecule has 3 nitrogen and oxygen atoms in total. The lowest BCUT2D eigenvalue weighted by molar-refractivity contribution is 0.311. The minimum absolute atomic E-state index is 0.00702. The van der Waals surface area contributed by atoms with Crippen molar-refractivity contribution in [3.05, 3.63) is 27.4 Å². The molecule has 4 heteroatoms. The summed E-state index contributed by atoms with van der Waals surface area (Å²) in [5.74, 6) is 1.45. The monoisotopic (exact) mass is 254 g/mol. The molecule has 0 saturated heterocycles. The summed E-state index contributed by atoms with van der Waals surface area (Å²) in [6, 6.07) is 1.42. The lowest BCUT2D eigenvalue weighted by atomic mass is 9.89. The van der Waals surface area contributed by atoms with Crippen LogP contribution in [0.1, 0.15) is 44.9 Å². The van der Waals surface area contributed by atoms with Crippen molar-refractivity contribution < 1.29 is 0 Å². The average Bonchev–Trinajstić information content (AvgIpc) is 2.33. The van der Waals surface area contributed by atoms with Crippen LogP contribution in [0.3, 0.4) is 0 Å². The van der Waals surface area contributed by atoms with Crippen LogP contribution >= 0.6 is 11.6 Å². The SMILES string of the molecule is CCc1nc(Cl)cc(=O)n1CC1CCCCC1. The van der Waals surface area contributed by atoms with Crippen molar-refractivity contribution in [2.75, 3.05) is 0 Å². The number of hydrogen-bond acceptors (Lipinski definition) is 2. The molecule has 0 radical (unpaired) electrons. The summed E-state index contributed by atoms with van der Waals surface area (Å²) < 4.78 is 1.81. The Morgan fingerprint density at radius 2 is 2.12 bits per heavy atom. The van der Waals surface area contributed by atoms with Crippen LogP contribution < -0.4 is 5.56 Å². The zero-order valence-corrected chi connectivity index (χ0v) is 11.0. The van der Waals surface area contributed by atoms with Crippen LogP contribution in [0.15, 0.2) is 10.9 Å². The molecule has 0 spiro atoms. The Labute approximate surface area is 107 Å². The summed E-state index contributed by atoms with van der Waals surface area (Å²) in [6.45, 7) is 2.82. The largest absolute Gasteiger partial charge is 0.296 e. The Bertz CT molecular complexity index is 436. The van der Waals surface area contributed by atoms with Gasteiger partial charge < -0.3 is 0 Å². The molecule has 0 amide bonds. The van der Waals surface area contributed by atoms with Gasteiger partial charge in [-0.25, -0.2) is 4.98 Å². The Morgan fingerprint density at radius 1 is 1.41 bits per heavy atom. The second-order valence-electron chi connectivity index (χ2n) is 4.80. The van der Waals surface area contributed by atoms with Crippen molar-refractivity contribution in [2.45, 2.75) is 52.0 Å². The van der Waals surface area contributed by atoms with Crippen LogP contribution in [-0.2, 0) is 13.0 Å². The first kappa shape index (κ1) is 12.6. The normalized spacial score (nSPS) is 17.3.